The van der Waals surface area contributed by atoms with Crippen LogP contribution in [0.4, 0.5) is 5.69 Å². The van der Waals surface area contributed by atoms with Crippen molar-refractivity contribution in [3.8, 4) is 5.75 Å². The van der Waals surface area contributed by atoms with Crippen molar-refractivity contribution in [1.82, 2.24) is 4.90 Å². The van der Waals surface area contributed by atoms with Gasteiger partial charge >= 0.3 is 0 Å². The second-order valence-electron chi connectivity index (χ2n) is 6.04. The zero-order valence-electron chi connectivity index (χ0n) is 15.9. The van der Waals surface area contributed by atoms with Crippen LogP contribution in [0.25, 0.3) is 6.08 Å². The van der Waals surface area contributed by atoms with Gasteiger partial charge in [0.2, 0.25) is 0 Å². The number of amides is 1. The molecular formula is C22H24N2O2S. The van der Waals surface area contributed by atoms with Crippen molar-refractivity contribution in [1.29, 1.82) is 0 Å². The average Bonchev–Trinajstić information content (AvgIpc) is 2.97. The largest absolute Gasteiger partial charge is 0.494 e. The van der Waals surface area contributed by atoms with Crippen molar-refractivity contribution >= 4 is 34.6 Å². The Bertz CT molecular complexity index is 889. The van der Waals surface area contributed by atoms with Crippen molar-refractivity contribution in [3.63, 3.8) is 0 Å². The average molecular weight is 381 g/mol. The molecule has 0 bridgehead atoms. The highest BCUT2D eigenvalue weighted by molar-refractivity contribution is 8.18. The number of para-hydroxylation sites is 1. The normalized spacial score (nSPS) is 17.1. The third-order valence-electron chi connectivity index (χ3n) is 4.26. The van der Waals surface area contributed by atoms with Gasteiger partial charge in [-0.15, -0.1) is 0 Å². The number of aliphatic imine (C=N–C) groups is 1. The first-order valence-corrected chi connectivity index (χ1v) is 10.1. The van der Waals surface area contributed by atoms with Crippen LogP contribution in [0.2, 0.25) is 0 Å². The fourth-order valence-corrected chi connectivity index (χ4v) is 3.96. The van der Waals surface area contributed by atoms with E-state index in [0.717, 1.165) is 28.6 Å². The lowest BCUT2D eigenvalue weighted by Gasteiger charge is -2.12. The maximum absolute atomic E-state index is 12.8. The summed E-state index contributed by atoms with van der Waals surface area (Å²) in [4.78, 5) is 20.0. The number of thioether (sulfide) groups is 1. The quantitative estimate of drug-likeness (QED) is 0.641. The van der Waals surface area contributed by atoms with E-state index in [1.165, 1.54) is 17.3 Å². The van der Waals surface area contributed by atoms with Crippen LogP contribution in [-0.4, -0.2) is 29.1 Å². The van der Waals surface area contributed by atoms with E-state index in [1.807, 2.05) is 62.4 Å². The predicted molar refractivity (Wildman–Crippen MR) is 113 cm³/mol. The summed E-state index contributed by atoms with van der Waals surface area (Å²) in [5.41, 5.74) is 3.05. The van der Waals surface area contributed by atoms with Crippen LogP contribution >= 0.6 is 11.8 Å². The fraction of sp³-hybridized carbons (Fsp3) is 0.273. The molecule has 0 aliphatic carbocycles. The van der Waals surface area contributed by atoms with Crippen molar-refractivity contribution < 1.29 is 9.53 Å². The molecule has 1 aliphatic rings. The van der Waals surface area contributed by atoms with Gasteiger partial charge in [0.05, 0.1) is 17.2 Å². The molecule has 0 aromatic heterocycles. The molecule has 0 atom stereocenters. The molecule has 0 N–H and O–H groups in total. The van der Waals surface area contributed by atoms with Gasteiger partial charge in [0.15, 0.2) is 5.17 Å². The van der Waals surface area contributed by atoms with E-state index in [9.17, 15) is 4.79 Å². The lowest BCUT2D eigenvalue weighted by Crippen LogP contribution is -2.28. The van der Waals surface area contributed by atoms with Gasteiger partial charge in [0, 0.05) is 6.54 Å². The van der Waals surface area contributed by atoms with Crippen molar-refractivity contribution in [2.45, 2.75) is 27.2 Å². The number of likely N-dealkylation sites (N-methyl/N-ethyl adjacent to an activating group) is 1. The summed E-state index contributed by atoms with van der Waals surface area (Å²) < 4.78 is 5.55. The lowest BCUT2D eigenvalue weighted by atomic mass is 10.1. The summed E-state index contributed by atoms with van der Waals surface area (Å²) in [6.07, 6.45) is 2.82. The number of nitrogens with zero attached hydrogens (tertiary/aromatic N) is 2. The highest BCUT2D eigenvalue weighted by Gasteiger charge is 2.32. The molecule has 3 rings (SSSR count). The van der Waals surface area contributed by atoms with Crippen LogP contribution in [0.1, 0.15) is 31.9 Å². The summed E-state index contributed by atoms with van der Waals surface area (Å²) in [5.74, 6) is 0.803. The smallest absolute Gasteiger partial charge is 0.266 e. The molecule has 140 valence electrons. The van der Waals surface area contributed by atoms with Gasteiger partial charge in [-0.1, -0.05) is 37.3 Å². The number of ether oxygens (including phenoxy) is 1. The predicted octanol–water partition coefficient (Wildman–Crippen LogP) is 5.27. The number of carbonyl (C=O) groups is 1. The van der Waals surface area contributed by atoms with E-state index in [1.54, 1.807) is 4.90 Å². The minimum Gasteiger partial charge on any atom is -0.494 e. The highest BCUT2D eigenvalue weighted by atomic mass is 32.2. The Labute approximate surface area is 164 Å². The van der Waals surface area contributed by atoms with Crippen molar-refractivity contribution in [2.24, 2.45) is 4.99 Å². The number of benzene rings is 2. The van der Waals surface area contributed by atoms with E-state index < -0.39 is 0 Å². The molecule has 0 saturated carbocycles. The summed E-state index contributed by atoms with van der Waals surface area (Å²) in [7, 11) is 0. The summed E-state index contributed by atoms with van der Waals surface area (Å²) in [6, 6.07) is 15.8. The van der Waals surface area contributed by atoms with E-state index in [0.29, 0.717) is 18.1 Å². The molecule has 0 radical (unpaired) electrons. The van der Waals surface area contributed by atoms with E-state index in [4.69, 9.17) is 9.73 Å². The maximum atomic E-state index is 12.8. The van der Waals surface area contributed by atoms with E-state index in [-0.39, 0.29) is 5.91 Å². The van der Waals surface area contributed by atoms with Crippen LogP contribution in [0, 0.1) is 0 Å². The zero-order valence-corrected chi connectivity index (χ0v) is 16.8. The molecular weight excluding hydrogens is 356 g/mol. The van der Waals surface area contributed by atoms with E-state index in [2.05, 4.69) is 13.0 Å². The maximum Gasteiger partial charge on any atom is 0.266 e. The van der Waals surface area contributed by atoms with Crippen LogP contribution < -0.4 is 4.74 Å². The van der Waals surface area contributed by atoms with Gasteiger partial charge in [-0.05, 0) is 67.4 Å². The fourth-order valence-electron chi connectivity index (χ4n) is 2.90. The van der Waals surface area contributed by atoms with Gasteiger partial charge in [-0.25, -0.2) is 4.99 Å². The molecule has 4 nitrogen and oxygen atoms in total. The van der Waals surface area contributed by atoms with Gasteiger partial charge in [-0.2, -0.15) is 0 Å². The summed E-state index contributed by atoms with van der Waals surface area (Å²) in [5, 5.41) is 0.732. The number of carbonyl (C=O) groups excluding carboxylic acids is 1. The Balaban J connectivity index is 1.93. The molecule has 1 fully saturated rings. The topological polar surface area (TPSA) is 41.9 Å². The van der Waals surface area contributed by atoms with Gasteiger partial charge in [0.25, 0.3) is 5.91 Å². The Morgan fingerprint density at radius 1 is 1.11 bits per heavy atom. The first-order chi connectivity index (χ1) is 13.2. The van der Waals surface area contributed by atoms with Gasteiger partial charge in [0.1, 0.15) is 5.75 Å². The van der Waals surface area contributed by atoms with Crippen LogP contribution in [0.15, 0.2) is 58.4 Å². The van der Waals surface area contributed by atoms with Crippen LogP contribution in [-0.2, 0) is 11.2 Å². The Morgan fingerprint density at radius 3 is 2.67 bits per heavy atom. The van der Waals surface area contributed by atoms with Crippen molar-refractivity contribution in [3.05, 3.63) is 64.6 Å². The minimum atomic E-state index is -0.00274. The number of amidine groups is 1. The lowest BCUT2D eigenvalue weighted by molar-refractivity contribution is -0.122. The number of aryl methyl sites for hydroxylation is 1. The Kier molecular flexibility index (Phi) is 6.35. The Morgan fingerprint density at radius 2 is 1.93 bits per heavy atom. The molecule has 1 heterocycles. The van der Waals surface area contributed by atoms with Gasteiger partial charge < -0.3 is 4.74 Å². The van der Waals surface area contributed by atoms with Crippen LogP contribution in [0.3, 0.4) is 0 Å². The third-order valence-corrected chi connectivity index (χ3v) is 5.27. The molecule has 0 unspecified atom stereocenters. The number of rotatable bonds is 6. The molecule has 2 aromatic carbocycles. The van der Waals surface area contributed by atoms with Crippen molar-refractivity contribution in [2.75, 3.05) is 13.2 Å². The summed E-state index contributed by atoms with van der Waals surface area (Å²) in [6.45, 7) is 7.25. The second kappa shape index (κ2) is 8.91. The molecule has 1 aliphatic heterocycles. The molecule has 1 amide bonds. The van der Waals surface area contributed by atoms with Crippen LogP contribution in [0.5, 0.6) is 5.75 Å². The first kappa shape index (κ1) is 19.2. The first-order valence-electron chi connectivity index (χ1n) is 9.27. The number of hydrogen-bond acceptors (Lipinski definition) is 4. The Hall–Kier alpha value is -2.53. The SMILES string of the molecule is CCOc1cccc(/C=C2/SC(=Nc3ccccc3CC)N(CC)C2=O)c1. The van der Waals surface area contributed by atoms with E-state index >= 15 is 0 Å². The highest BCUT2D eigenvalue weighted by Crippen LogP contribution is 2.35. The molecule has 2 aromatic rings. The second-order valence-corrected chi connectivity index (χ2v) is 7.05. The minimum absolute atomic E-state index is 0.00274. The monoisotopic (exact) mass is 380 g/mol. The standard InChI is InChI=1S/C22H24N2O2S/c1-4-17-11-7-8-13-19(17)23-22-24(5-2)21(25)20(27-22)15-16-10-9-12-18(14-16)26-6-3/h7-15H,4-6H2,1-3H3/b20-15+,23-22?. The molecule has 0 spiro atoms. The third kappa shape index (κ3) is 4.42. The number of hydrogen-bond donors (Lipinski definition) is 0. The molecule has 27 heavy (non-hydrogen) atoms. The molecule has 5 heteroatoms. The van der Waals surface area contributed by atoms with Gasteiger partial charge in [-0.3, -0.25) is 9.69 Å². The zero-order chi connectivity index (χ0) is 19.2. The summed E-state index contributed by atoms with van der Waals surface area (Å²) >= 11 is 1.43. The molecule has 1 saturated heterocycles.